The molecule has 2 amide bonds. The summed E-state index contributed by atoms with van der Waals surface area (Å²) in [4.78, 5) is 14.8. The van der Waals surface area contributed by atoms with Crippen LogP contribution in [0.1, 0.15) is 18.4 Å². The third-order valence-corrected chi connectivity index (χ3v) is 6.02. The maximum absolute atomic E-state index is 12.9. The first-order valence-electron chi connectivity index (χ1n) is 9.10. The molecular weight excluding hydrogens is 320 g/mol. The number of hydrogen-bond acceptors (Lipinski definition) is 4. The molecule has 6 heteroatoms. The van der Waals surface area contributed by atoms with Gasteiger partial charge in [0.25, 0.3) is 0 Å². The van der Waals surface area contributed by atoms with Crippen LogP contribution in [0.15, 0.2) is 24.3 Å². The lowest BCUT2D eigenvalue weighted by Crippen LogP contribution is -2.69. The van der Waals surface area contributed by atoms with Crippen molar-refractivity contribution >= 4 is 11.7 Å². The number of nitrogens with zero attached hydrogens (tertiary/aromatic N) is 1. The van der Waals surface area contributed by atoms with Crippen LogP contribution in [-0.2, 0) is 9.47 Å². The molecule has 1 aromatic carbocycles. The van der Waals surface area contributed by atoms with Crippen LogP contribution in [0.5, 0.6) is 0 Å². The molecule has 4 atom stereocenters. The third kappa shape index (κ3) is 3.03. The number of amides is 2. The zero-order valence-corrected chi connectivity index (χ0v) is 14.6. The number of aliphatic hydroxyl groups is 1. The minimum Gasteiger partial charge on any atom is -0.389 e. The first-order valence-corrected chi connectivity index (χ1v) is 9.10. The fourth-order valence-electron chi connectivity index (χ4n) is 4.52. The smallest absolute Gasteiger partial charge is 0.322 e. The highest BCUT2D eigenvalue weighted by molar-refractivity contribution is 5.89. The fraction of sp³-hybridized carbons (Fsp3) is 0.632. The van der Waals surface area contributed by atoms with Crippen molar-refractivity contribution in [2.75, 3.05) is 38.3 Å². The minimum atomic E-state index is -0.788. The Morgan fingerprint density at radius 3 is 2.80 bits per heavy atom. The van der Waals surface area contributed by atoms with Gasteiger partial charge in [-0.2, -0.15) is 0 Å². The van der Waals surface area contributed by atoms with E-state index in [4.69, 9.17) is 9.47 Å². The number of urea groups is 1. The standard InChI is InChI=1S/C19H26N2O4/c1-13-2-4-15(5-3-13)20-18(22)21-10-14-11-25-9-7-19(14,23)16-12-24-8-6-17(16)21/h2-5,14,16-17,23H,6-12H2,1H3,(H,20,22)/t14-,16+,17-,19-/m1/s1. The molecule has 4 rings (SSSR count). The number of rotatable bonds is 1. The second-order valence-electron chi connectivity index (χ2n) is 7.50. The van der Waals surface area contributed by atoms with Gasteiger partial charge in [-0.05, 0) is 25.5 Å². The van der Waals surface area contributed by atoms with E-state index < -0.39 is 5.60 Å². The summed E-state index contributed by atoms with van der Waals surface area (Å²) in [5, 5.41) is 14.3. The van der Waals surface area contributed by atoms with Gasteiger partial charge in [0.05, 0.1) is 18.8 Å². The molecule has 136 valence electrons. The molecule has 3 heterocycles. The maximum Gasteiger partial charge on any atom is 0.322 e. The Labute approximate surface area is 148 Å². The quantitative estimate of drug-likeness (QED) is 0.816. The fourth-order valence-corrected chi connectivity index (χ4v) is 4.52. The van der Waals surface area contributed by atoms with Gasteiger partial charge in [-0.15, -0.1) is 0 Å². The lowest BCUT2D eigenvalue weighted by molar-refractivity contribution is -0.211. The molecule has 25 heavy (non-hydrogen) atoms. The average Bonchev–Trinajstić information content (AvgIpc) is 2.63. The van der Waals surface area contributed by atoms with Crippen molar-refractivity contribution in [3.8, 4) is 0 Å². The summed E-state index contributed by atoms with van der Waals surface area (Å²) in [6.45, 7) is 4.75. The summed E-state index contributed by atoms with van der Waals surface area (Å²) in [6.07, 6.45) is 1.39. The van der Waals surface area contributed by atoms with Gasteiger partial charge in [0.15, 0.2) is 0 Å². The van der Waals surface area contributed by atoms with Crippen LogP contribution in [0, 0.1) is 18.8 Å². The first-order chi connectivity index (χ1) is 12.1. The number of piperidine rings is 1. The number of ether oxygens (including phenoxy) is 2. The Balaban J connectivity index is 1.55. The van der Waals surface area contributed by atoms with Crippen molar-refractivity contribution < 1.29 is 19.4 Å². The summed E-state index contributed by atoms with van der Waals surface area (Å²) >= 11 is 0. The Bertz CT molecular complexity index is 635. The SMILES string of the molecule is Cc1ccc(NC(=O)N2C[C@@H]3COCC[C@]3(O)[C@H]3COCC[C@H]32)cc1. The van der Waals surface area contributed by atoms with E-state index in [0.29, 0.717) is 39.4 Å². The number of anilines is 1. The van der Waals surface area contributed by atoms with Gasteiger partial charge in [0, 0.05) is 49.7 Å². The molecule has 1 aromatic rings. The zero-order valence-electron chi connectivity index (χ0n) is 14.6. The molecule has 0 unspecified atom stereocenters. The van der Waals surface area contributed by atoms with Crippen LogP contribution in [0.25, 0.3) is 0 Å². The number of fused-ring (bicyclic) bond motifs is 3. The van der Waals surface area contributed by atoms with Crippen LogP contribution >= 0.6 is 0 Å². The summed E-state index contributed by atoms with van der Waals surface area (Å²) in [5.74, 6) is -0.111. The van der Waals surface area contributed by atoms with Crippen LogP contribution in [0.3, 0.4) is 0 Å². The first kappa shape index (κ1) is 16.8. The molecule has 0 radical (unpaired) electrons. The van der Waals surface area contributed by atoms with Crippen LogP contribution in [-0.4, -0.2) is 60.7 Å². The molecule has 0 bridgehead atoms. The van der Waals surface area contributed by atoms with Crippen LogP contribution in [0.2, 0.25) is 0 Å². The zero-order chi connectivity index (χ0) is 17.4. The van der Waals surface area contributed by atoms with E-state index in [-0.39, 0.29) is 23.9 Å². The molecule has 0 spiro atoms. The molecule has 3 aliphatic heterocycles. The predicted octanol–water partition coefficient (Wildman–Crippen LogP) is 2.02. The summed E-state index contributed by atoms with van der Waals surface area (Å²) < 4.78 is 11.2. The lowest BCUT2D eigenvalue weighted by Gasteiger charge is -2.56. The van der Waals surface area contributed by atoms with Gasteiger partial charge in [-0.3, -0.25) is 0 Å². The number of hydrogen-bond donors (Lipinski definition) is 2. The average molecular weight is 346 g/mol. The maximum atomic E-state index is 12.9. The topological polar surface area (TPSA) is 71.0 Å². The summed E-state index contributed by atoms with van der Waals surface area (Å²) in [6, 6.07) is 7.71. The van der Waals surface area contributed by atoms with E-state index in [0.717, 1.165) is 17.7 Å². The van der Waals surface area contributed by atoms with E-state index in [1.165, 1.54) is 0 Å². The highest BCUT2D eigenvalue weighted by atomic mass is 16.5. The number of carbonyl (C=O) groups is 1. The van der Waals surface area contributed by atoms with Crippen molar-refractivity contribution in [1.29, 1.82) is 0 Å². The van der Waals surface area contributed by atoms with Gasteiger partial charge in [-0.1, -0.05) is 17.7 Å². The van der Waals surface area contributed by atoms with Crippen molar-refractivity contribution in [3.63, 3.8) is 0 Å². The van der Waals surface area contributed by atoms with Gasteiger partial charge in [-0.25, -0.2) is 4.79 Å². The van der Waals surface area contributed by atoms with Gasteiger partial charge < -0.3 is 24.8 Å². The summed E-state index contributed by atoms with van der Waals surface area (Å²) in [7, 11) is 0. The second-order valence-corrected chi connectivity index (χ2v) is 7.50. The van der Waals surface area contributed by atoms with Crippen molar-refractivity contribution in [2.45, 2.75) is 31.4 Å². The van der Waals surface area contributed by atoms with E-state index in [2.05, 4.69) is 5.32 Å². The number of likely N-dealkylation sites (tertiary alicyclic amines) is 1. The van der Waals surface area contributed by atoms with Crippen molar-refractivity contribution in [1.82, 2.24) is 4.90 Å². The number of carbonyl (C=O) groups excluding carboxylic acids is 1. The third-order valence-electron chi connectivity index (χ3n) is 6.02. The van der Waals surface area contributed by atoms with Crippen molar-refractivity contribution in [3.05, 3.63) is 29.8 Å². The van der Waals surface area contributed by atoms with Crippen molar-refractivity contribution in [2.24, 2.45) is 11.8 Å². The van der Waals surface area contributed by atoms with E-state index in [1.807, 2.05) is 36.1 Å². The molecule has 3 fully saturated rings. The lowest BCUT2D eigenvalue weighted by atomic mass is 9.66. The van der Waals surface area contributed by atoms with Gasteiger partial charge >= 0.3 is 6.03 Å². The molecular formula is C19H26N2O4. The highest BCUT2D eigenvalue weighted by Gasteiger charge is 2.56. The van der Waals surface area contributed by atoms with Crippen LogP contribution in [0.4, 0.5) is 10.5 Å². The molecule has 3 aliphatic rings. The Morgan fingerprint density at radius 2 is 2.00 bits per heavy atom. The number of aryl methyl sites for hydroxylation is 1. The van der Waals surface area contributed by atoms with E-state index in [1.54, 1.807) is 0 Å². The monoisotopic (exact) mass is 346 g/mol. The predicted molar refractivity (Wildman–Crippen MR) is 93.5 cm³/mol. The molecule has 0 saturated carbocycles. The highest BCUT2D eigenvalue weighted by Crippen LogP contribution is 2.44. The minimum absolute atomic E-state index is 0.0125. The van der Waals surface area contributed by atoms with Crippen LogP contribution < -0.4 is 5.32 Å². The normalized spacial score (nSPS) is 34.8. The Morgan fingerprint density at radius 1 is 1.24 bits per heavy atom. The largest absolute Gasteiger partial charge is 0.389 e. The molecule has 0 aliphatic carbocycles. The molecule has 6 nitrogen and oxygen atoms in total. The van der Waals surface area contributed by atoms with Gasteiger partial charge in [0.1, 0.15) is 0 Å². The second kappa shape index (κ2) is 6.59. The van der Waals surface area contributed by atoms with E-state index in [9.17, 15) is 9.90 Å². The molecule has 2 N–H and O–H groups in total. The number of benzene rings is 1. The Hall–Kier alpha value is -1.63. The van der Waals surface area contributed by atoms with Gasteiger partial charge in [0.2, 0.25) is 0 Å². The Kier molecular flexibility index (Phi) is 4.43. The molecule has 3 saturated heterocycles. The number of nitrogens with one attached hydrogen (secondary N) is 1. The molecule has 0 aromatic heterocycles. The summed E-state index contributed by atoms with van der Waals surface area (Å²) in [5.41, 5.74) is 1.16. The van der Waals surface area contributed by atoms with E-state index >= 15 is 0 Å².